The van der Waals surface area contributed by atoms with Crippen LogP contribution in [0.2, 0.25) is 4.34 Å². The SMILES string of the molecule is C=CCN1C(=O)c2ccc(C(=O)OCC(=O)c3ccc(Cl)s3)cc2C1=O. The zero-order valence-electron chi connectivity index (χ0n) is 13.4. The Kier molecular flexibility index (Phi) is 5.01. The average Bonchev–Trinajstić information content (AvgIpc) is 3.17. The maximum absolute atomic E-state index is 12.3. The minimum absolute atomic E-state index is 0.0855. The first-order valence-electron chi connectivity index (χ1n) is 7.49. The molecule has 0 N–H and O–H groups in total. The van der Waals surface area contributed by atoms with Crippen LogP contribution in [0.25, 0.3) is 0 Å². The molecule has 0 saturated heterocycles. The standard InChI is InChI=1S/C18H12ClNO5S/c1-2-7-20-16(22)11-4-3-10(8-12(11)17(20)23)18(24)25-9-13(21)14-5-6-15(19)26-14/h2-6,8H,1,7,9H2. The molecule has 2 heterocycles. The van der Waals surface area contributed by atoms with E-state index in [0.717, 1.165) is 16.2 Å². The van der Waals surface area contributed by atoms with Crippen molar-refractivity contribution in [3.8, 4) is 0 Å². The lowest BCUT2D eigenvalue weighted by Gasteiger charge is -2.09. The van der Waals surface area contributed by atoms with E-state index in [9.17, 15) is 19.2 Å². The molecular weight excluding hydrogens is 378 g/mol. The number of ether oxygens (including phenoxy) is 1. The summed E-state index contributed by atoms with van der Waals surface area (Å²) in [6, 6.07) is 7.22. The van der Waals surface area contributed by atoms with Crippen molar-refractivity contribution in [2.75, 3.05) is 13.2 Å². The summed E-state index contributed by atoms with van der Waals surface area (Å²) in [5.74, 6) is -2.07. The Labute approximate surface area is 157 Å². The minimum atomic E-state index is -0.758. The molecule has 0 saturated carbocycles. The Bertz CT molecular complexity index is 949. The van der Waals surface area contributed by atoms with Crippen molar-refractivity contribution >= 4 is 46.5 Å². The average molecular weight is 390 g/mol. The van der Waals surface area contributed by atoms with E-state index in [-0.39, 0.29) is 29.0 Å². The Morgan fingerprint density at radius 3 is 2.54 bits per heavy atom. The fourth-order valence-electron chi connectivity index (χ4n) is 2.46. The fraction of sp³-hybridized carbons (Fsp3) is 0.111. The first-order valence-corrected chi connectivity index (χ1v) is 8.68. The van der Waals surface area contributed by atoms with Gasteiger partial charge < -0.3 is 4.74 Å². The van der Waals surface area contributed by atoms with Crippen LogP contribution in [-0.2, 0) is 4.74 Å². The van der Waals surface area contributed by atoms with Gasteiger partial charge in [-0.25, -0.2) is 4.79 Å². The van der Waals surface area contributed by atoms with E-state index < -0.39 is 24.4 Å². The number of ketones is 1. The molecular formula is C18H12ClNO5S. The van der Waals surface area contributed by atoms with Crippen LogP contribution < -0.4 is 0 Å². The monoisotopic (exact) mass is 389 g/mol. The molecule has 0 aliphatic carbocycles. The third-order valence-corrected chi connectivity index (χ3v) is 4.97. The smallest absolute Gasteiger partial charge is 0.338 e. The van der Waals surface area contributed by atoms with E-state index in [0.29, 0.717) is 9.21 Å². The molecule has 0 bridgehead atoms. The van der Waals surface area contributed by atoms with Crippen molar-refractivity contribution < 1.29 is 23.9 Å². The second-order valence-electron chi connectivity index (χ2n) is 5.37. The summed E-state index contributed by atoms with van der Waals surface area (Å²) in [6.45, 7) is 3.15. The van der Waals surface area contributed by atoms with E-state index in [1.54, 1.807) is 12.1 Å². The molecule has 1 aromatic carbocycles. The van der Waals surface area contributed by atoms with Crippen molar-refractivity contribution in [3.05, 3.63) is 68.9 Å². The normalized spacial score (nSPS) is 12.9. The second-order valence-corrected chi connectivity index (χ2v) is 7.09. The van der Waals surface area contributed by atoms with E-state index in [4.69, 9.17) is 16.3 Å². The van der Waals surface area contributed by atoms with Gasteiger partial charge >= 0.3 is 5.97 Å². The van der Waals surface area contributed by atoms with Crippen LogP contribution in [0.1, 0.15) is 40.7 Å². The molecule has 2 aromatic rings. The molecule has 0 atom stereocenters. The van der Waals surface area contributed by atoms with Crippen molar-refractivity contribution in [2.45, 2.75) is 0 Å². The Morgan fingerprint density at radius 1 is 1.15 bits per heavy atom. The zero-order chi connectivity index (χ0) is 18.8. The number of nitrogens with zero attached hydrogens (tertiary/aromatic N) is 1. The predicted octanol–water partition coefficient (Wildman–Crippen LogP) is 3.22. The second kappa shape index (κ2) is 7.23. The number of esters is 1. The number of carbonyl (C=O) groups excluding carboxylic acids is 4. The number of hydrogen-bond acceptors (Lipinski definition) is 6. The fourth-order valence-corrected chi connectivity index (χ4v) is 3.43. The number of amides is 2. The number of fused-ring (bicyclic) bond motifs is 1. The van der Waals surface area contributed by atoms with Crippen LogP contribution >= 0.6 is 22.9 Å². The highest BCUT2D eigenvalue weighted by Crippen LogP contribution is 2.25. The minimum Gasteiger partial charge on any atom is -0.454 e. The maximum atomic E-state index is 12.3. The van der Waals surface area contributed by atoms with Crippen molar-refractivity contribution in [1.82, 2.24) is 4.90 Å². The lowest BCUT2D eigenvalue weighted by molar-refractivity contribution is 0.0475. The van der Waals surface area contributed by atoms with E-state index in [1.807, 2.05) is 0 Å². The van der Waals surface area contributed by atoms with Gasteiger partial charge in [0.1, 0.15) is 0 Å². The van der Waals surface area contributed by atoms with E-state index in [2.05, 4.69) is 6.58 Å². The van der Waals surface area contributed by atoms with Crippen LogP contribution in [0.4, 0.5) is 0 Å². The molecule has 1 aliphatic rings. The molecule has 26 heavy (non-hydrogen) atoms. The number of Topliss-reactive ketones (excluding diaryl/α,β-unsaturated/α-hetero) is 1. The summed E-state index contributed by atoms with van der Waals surface area (Å²) < 4.78 is 5.46. The van der Waals surface area contributed by atoms with Gasteiger partial charge in [-0.05, 0) is 30.3 Å². The lowest BCUT2D eigenvalue weighted by atomic mass is 10.1. The molecule has 3 rings (SSSR count). The van der Waals surface area contributed by atoms with Crippen molar-refractivity contribution in [3.63, 3.8) is 0 Å². The van der Waals surface area contributed by atoms with Gasteiger partial charge in [0.15, 0.2) is 6.61 Å². The van der Waals surface area contributed by atoms with Gasteiger partial charge in [0.05, 0.1) is 25.9 Å². The van der Waals surface area contributed by atoms with Crippen molar-refractivity contribution in [1.29, 1.82) is 0 Å². The maximum Gasteiger partial charge on any atom is 0.338 e. The Morgan fingerprint density at radius 2 is 1.88 bits per heavy atom. The summed E-state index contributed by atoms with van der Waals surface area (Å²) >= 11 is 6.86. The van der Waals surface area contributed by atoms with Crippen LogP contribution in [0, 0.1) is 0 Å². The molecule has 0 fully saturated rings. The topological polar surface area (TPSA) is 80.8 Å². The summed E-state index contributed by atoms with van der Waals surface area (Å²) in [7, 11) is 0. The summed E-state index contributed by atoms with van der Waals surface area (Å²) in [5, 5.41) is 0. The molecule has 132 valence electrons. The van der Waals surface area contributed by atoms with Crippen LogP contribution in [0.3, 0.4) is 0 Å². The highest BCUT2D eigenvalue weighted by molar-refractivity contribution is 7.18. The zero-order valence-corrected chi connectivity index (χ0v) is 14.9. The van der Waals surface area contributed by atoms with Gasteiger partial charge in [-0.2, -0.15) is 0 Å². The molecule has 1 aliphatic heterocycles. The number of carbonyl (C=O) groups is 4. The lowest BCUT2D eigenvalue weighted by Crippen LogP contribution is -2.29. The third-order valence-electron chi connectivity index (χ3n) is 3.70. The summed E-state index contributed by atoms with van der Waals surface area (Å²) in [6.07, 6.45) is 1.44. The molecule has 1 aromatic heterocycles. The van der Waals surface area contributed by atoms with Gasteiger partial charge in [-0.15, -0.1) is 17.9 Å². The van der Waals surface area contributed by atoms with Gasteiger partial charge in [-0.3, -0.25) is 19.3 Å². The molecule has 6 nitrogen and oxygen atoms in total. The number of halogens is 1. The third kappa shape index (κ3) is 3.31. The first-order chi connectivity index (χ1) is 12.4. The number of rotatable bonds is 6. The number of thiophene rings is 1. The van der Waals surface area contributed by atoms with Crippen LogP contribution in [0.5, 0.6) is 0 Å². The van der Waals surface area contributed by atoms with Gasteiger partial charge in [0.2, 0.25) is 5.78 Å². The van der Waals surface area contributed by atoms with E-state index in [1.165, 1.54) is 24.3 Å². The molecule has 0 radical (unpaired) electrons. The number of benzene rings is 1. The largest absolute Gasteiger partial charge is 0.454 e. The Balaban J connectivity index is 1.72. The molecule has 0 unspecified atom stereocenters. The van der Waals surface area contributed by atoms with Gasteiger partial charge in [-0.1, -0.05) is 17.7 Å². The number of hydrogen-bond donors (Lipinski definition) is 0. The van der Waals surface area contributed by atoms with Crippen LogP contribution in [0.15, 0.2) is 43.0 Å². The molecule has 2 amide bonds. The van der Waals surface area contributed by atoms with E-state index >= 15 is 0 Å². The summed E-state index contributed by atoms with van der Waals surface area (Å²) in [4.78, 5) is 49.9. The number of imide groups is 1. The van der Waals surface area contributed by atoms with Crippen molar-refractivity contribution in [2.24, 2.45) is 0 Å². The molecule has 8 heteroatoms. The van der Waals surface area contributed by atoms with Gasteiger partial charge in [0, 0.05) is 6.54 Å². The Hall–Kier alpha value is -2.77. The summed E-state index contributed by atoms with van der Waals surface area (Å²) in [5.41, 5.74) is 0.433. The van der Waals surface area contributed by atoms with Gasteiger partial charge in [0.25, 0.3) is 11.8 Å². The quantitative estimate of drug-likeness (QED) is 0.328. The highest BCUT2D eigenvalue weighted by atomic mass is 35.5. The van der Waals surface area contributed by atoms with Crippen LogP contribution in [-0.4, -0.2) is 41.6 Å². The highest BCUT2D eigenvalue weighted by Gasteiger charge is 2.35. The first kappa shape index (κ1) is 18.0. The molecule has 0 spiro atoms. The predicted molar refractivity (Wildman–Crippen MR) is 95.9 cm³/mol.